The molecule has 0 radical (unpaired) electrons. The Bertz CT molecular complexity index is 946. The fourth-order valence-corrected chi connectivity index (χ4v) is 4.46. The number of carbonyl (C=O) groups excluding carboxylic acids is 1. The summed E-state index contributed by atoms with van der Waals surface area (Å²) in [6.07, 6.45) is 0. The lowest BCUT2D eigenvalue weighted by Gasteiger charge is -2.24. The zero-order valence-electron chi connectivity index (χ0n) is 15.3. The summed E-state index contributed by atoms with van der Waals surface area (Å²) < 4.78 is 19.1. The minimum Gasteiger partial charge on any atom is -0.489 e. The van der Waals surface area contributed by atoms with Crippen LogP contribution in [0.15, 0.2) is 78.9 Å². The third-order valence-corrected chi connectivity index (χ3v) is 5.90. The summed E-state index contributed by atoms with van der Waals surface area (Å²) in [6.45, 7) is 1.17. The van der Waals surface area contributed by atoms with Gasteiger partial charge in [0.15, 0.2) is 0 Å². The maximum atomic E-state index is 13.2. The van der Waals surface area contributed by atoms with Crippen molar-refractivity contribution in [2.75, 3.05) is 12.3 Å². The first-order chi connectivity index (χ1) is 13.7. The van der Waals surface area contributed by atoms with Crippen LogP contribution >= 0.6 is 11.8 Å². The van der Waals surface area contributed by atoms with Gasteiger partial charge in [-0.1, -0.05) is 42.5 Å². The molecule has 1 aliphatic rings. The van der Waals surface area contributed by atoms with E-state index in [0.29, 0.717) is 18.7 Å². The molecule has 1 atom stereocenters. The van der Waals surface area contributed by atoms with Gasteiger partial charge in [0.25, 0.3) is 5.91 Å². The van der Waals surface area contributed by atoms with Crippen molar-refractivity contribution in [3.05, 3.63) is 101 Å². The van der Waals surface area contributed by atoms with Gasteiger partial charge >= 0.3 is 0 Å². The summed E-state index contributed by atoms with van der Waals surface area (Å²) in [5.74, 6) is 1.23. The van der Waals surface area contributed by atoms with E-state index in [1.807, 2.05) is 59.5 Å². The van der Waals surface area contributed by atoms with Crippen LogP contribution in [0.1, 0.15) is 26.9 Å². The normalized spacial score (nSPS) is 16.2. The van der Waals surface area contributed by atoms with E-state index in [-0.39, 0.29) is 17.1 Å². The van der Waals surface area contributed by atoms with Crippen LogP contribution in [-0.4, -0.2) is 23.1 Å². The van der Waals surface area contributed by atoms with Gasteiger partial charge in [-0.05, 0) is 47.5 Å². The first-order valence-electron chi connectivity index (χ1n) is 9.15. The third kappa shape index (κ3) is 4.20. The van der Waals surface area contributed by atoms with E-state index in [1.54, 1.807) is 11.8 Å². The van der Waals surface area contributed by atoms with E-state index in [9.17, 15) is 9.18 Å². The number of carbonyl (C=O) groups is 1. The molecule has 0 aromatic heterocycles. The van der Waals surface area contributed by atoms with E-state index in [0.717, 1.165) is 22.6 Å². The number of amides is 1. The number of ether oxygens (including phenoxy) is 1. The van der Waals surface area contributed by atoms with Crippen molar-refractivity contribution in [1.29, 1.82) is 0 Å². The predicted octanol–water partition coefficient (Wildman–Crippen LogP) is 5.29. The summed E-state index contributed by atoms with van der Waals surface area (Å²) in [6, 6.07) is 23.6. The Morgan fingerprint density at radius 2 is 1.82 bits per heavy atom. The Morgan fingerprint density at radius 1 is 1.04 bits per heavy atom. The van der Waals surface area contributed by atoms with Crippen molar-refractivity contribution in [3.8, 4) is 5.75 Å². The topological polar surface area (TPSA) is 29.5 Å². The number of nitrogens with zero attached hydrogens (tertiary/aromatic N) is 1. The van der Waals surface area contributed by atoms with Gasteiger partial charge < -0.3 is 9.64 Å². The Hall–Kier alpha value is -2.79. The first kappa shape index (κ1) is 18.6. The Balaban J connectivity index is 1.49. The lowest BCUT2D eigenvalue weighted by atomic mass is 10.1. The predicted molar refractivity (Wildman–Crippen MR) is 110 cm³/mol. The second kappa shape index (κ2) is 8.48. The minimum absolute atomic E-state index is 0.0715. The molecule has 5 heteroatoms. The average Bonchev–Trinajstić information content (AvgIpc) is 3.23. The summed E-state index contributed by atoms with van der Waals surface area (Å²) in [7, 11) is 0. The molecule has 1 amide bonds. The number of thioether (sulfide) groups is 1. The van der Waals surface area contributed by atoms with Crippen LogP contribution in [0.3, 0.4) is 0 Å². The molecule has 1 aliphatic heterocycles. The highest BCUT2D eigenvalue weighted by Gasteiger charge is 2.31. The van der Waals surface area contributed by atoms with E-state index in [2.05, 4.69) is 0 Å². The molecule has 3 nitrogen and oxygen atoms in total. The van der Waals surface area contributed by atoms with Crippen LogP contribution in [0.2, 0.25) is 0 Å². The van der Waals surface area contributed by atoms with Gasteiger partial charge in [-0.15, -0.1) is 11.8 Å². The Kier molecular flexibility index (Phi) is 5.63. The standard InChI is InChI=1S/C23H20FNO2S/c24-20-11-9-18(10-12-20)22(26)25-13-14-28-23(25)19-7-4-8-21(15-19)27-16-17-5-2-1-3-6-17/h1-12,15,23H,13-14,16H2/t23-/m0/s1. The monoisotopic (exact) mass is 393 g/mol. The molecule has 4 rings (SSSR count). The summed E-state index contributed by atoms with van der Waals surface area (Å²) >= 11 is 1.73. The summed E-state index contributed by atoms with van der Waals surface area (Å²) in [5, 5.41) is -0.0715. The molecule has 0 saturated carbocycles. The molecule has 0 N–H and O–H groups in total. The SMILES string of the molecule is O=C(c1ccc(F)cc1)N1CCS[C@H]1c1cccc(OCc2ccccc2)c1. The van der Waals surface area contributed by atoms with Crippen LogP contribution in [0, 0.1) is 5.82 Å². The van der Waals surface area contributed by atoms with Crippen LogP contribution < -0.4 is 4.74 Å². The van der Waals surface area contributed by atoms with Gasteiger partial charge in [0.05, 0.1) is 0 Å². The molecule has 0 unspecified atom stereocenters. The Labute approximate surface area is 168 Å². The zero-order valence-corrected chi connectivity index (χ0v) is 16.1. The maximum Gasteiger partial charge on any atom is 0.255 e. The van der Waals surface area contributed by atoms with E-state index in [1.165, 1.54) is 24.3 Å². The summed E-state index contributed by atoms with van der Waals surface area (Å²) in [5.41, 5.74) is 2.64. The molecule has 0 bridgehead atoms. The molecule has 1 saturated heterocycles. The molecule has 28 heavy (non-hydrogen) atoms. The highest BCUT2D eigenvalue weighted by Crippen LogP contribution is 2.39. The fraction of sp³-hybridized carbons (Fsp3) is 0.174. The molecule has 3 aromatic rings. The quantitative estimate of drug-likeness (QED) is 0.590. The third-order valence-electron chi connectivity index (χ3n) is 4.63. The number of hydrogen-bond donors (Lipinski definition) is 0. The van der Waals surface area contributed by atoms with Crippen LogP contribution in [0.25, 0.3) is 0 Å². The second-order valence-electron chi connectivity index (χ2n) is 6.58. The lowest BCUT2D eigenvalue weighted by Crippen LogP contribution is -2.30. The highest BCUT2D eigenvalue weighted by molar-refractivity contribution is 7.99. The van der Waals surface area contributed by atoms with Crippen molar-refractivity contribution >= 4 is 17.7 Å². The summed E-state index contributed by atoms with van der Waals surface area (Å²) in [4.78, 5) is 14.7. The smallest absolute Gasteiger partial charge is 0.255 e. The van der Waals surface area contributed by atoms with Gasteiger partial charge in [0.2, 0.25) is 0 Å². The molecule has 142 valence electrons. The van der Waals surface area contributed by atoms with Gasteiger partial charge in [-0.25, -0.2) is 4.39 Å². The average molecular weight is 393 g/mol. The fourth-order valence-electron chi connectivity index (χ4n) is 3.21. The van der Waals surface area contributed by atoms with Gasteiger partial charge in [0.1, 0.15) is 23.5 Å². The van der Waals surface area contributed by atoms with E-state index in [4.69, 9.17) is 4.74 Å². The molecule has 1 fully saturated rings. The molecular formula is C23H20FNO2S. The molecule has 3 aromatic carbocycles. The van der Waals surface area contributed by atoms with Crippen molar-refractivity contribution in [2.45, 2.75) is 12.0 Å². The number of hydrogen-bond acceptors (Lipinski definition) is 3. The van der Waals surface area contributed by atoms with Crippen molar-refractivity contribution in [3.63, 3.8) is 0 Å². The minimum atomic E-state index is -0.341. The zero-order chi connectivity index (χ0) is 19.3. The number of rotatable bonds is 5. The van der Waals surface area contributed by atoms with E-state index < -0.39 is 0 Å². The van der Waals surface area contributed by atoms with E-state index >= 15 is 0 Å². The molecule has 0 spiro atoms. The molecule has 0 aliphatic carbocycles. The van der Waals surface area contributed by atoms with Gasteiger partial charge in [0, 0.05) is 17.9 Å². The van der Waals surface area contributed by atoms with Crippen molar-refractivity contribution in [1.82, 2.24) is 4.90 Å². The number of benzene rings is 3. The van der Waals surface area contributed by atoms with Gasteiger partial charge in [-0.2, -0.15) is 0 Å². The second-order valence-corrected chi connectivity index (χ2v) is 7.76. The maximum absolute atomic E-state index is 13.2. The van der Waals surface area contributed by atoms with Crippen LogP contribution in [-0.2, 0) is 6.61 Å². The number of halogens is 1. The highest BCUT2D eigenvalue weighted by atomic mass is 32.2. The molecule has 1 heterocycles. The van der Waals surface area contributed by atoms with Crippen molar-refractivity contribution < 1.29 is 13.9 Å². The van der Waals surface area contributed by atoms with Crippen molar-refractivity contribution in [2.24, 2.45) is 0 Å². The lowest BCUT2D eigenvalue weighted by molar-refractivity contribution is 0.0760. The Morgan fingerprint density at radius 3 is 2.61 bits per heavy atom. The molecular weight excluding hydrogens is 373 g/mol. The van der Waals surface area contributed by atoms with Gasteiger partial charge in [-0.3, -0.25) is 4.79 Å². The first-order valence-corrected chi connectivity index (χ1v) is 10.2. The largest absolute Gasteiger partial charge is 0.489 e. The van der Waals surface area contributed by atoms with Crippen LogP contribution in [0.5, 0.6) is 5.75 Å². The van der Waals surface area contributed by atoms with Crippen LogP contribution in [0.4, 0.5) is 4.39 Å².